The van der Waals surface area contributed by atoms with Gasteiger partial charge in [-0.25, -0.2) is 0 Å². The fourth-order valence-corrected chi connectivity index (χ4v) is 1.21. The molecule has 0 heterocycles. The zero-order valence-corrected chi connectivity index (χ0v) is 8.83. The minimum absolute atomic E-state index is 0.300. The molecule has 0 aliphatic carbocycles. The third-order valence-electron chi connectivity index (χ3n) is 2.15. The minimum Gasteiger partial charge on any atom is -0.378 e. The number of rotatable bonds is 5. The van der Waals surface area contributed by atoms with Crippen molar-refractivity contribution in [1.82, 2.24) is 0 Å². The third kappa shape index (κ3) is 2.71. The summed E-state index contributed by atoms with van der Waals surface area (Å²) >= 11 is 0. The molecule has 0 aliphatic heterocycles. The first-order chi connectivity index (χ1) is 7.88. The lowest BCUT2D eigenvalue weighted by molar-refractivity contribution is -0.154. The second-order valence-corrected chi connectivity index (χ2v) is 3.43. The van der Waals surface area contributed by atoms with Gasteiger partial charge in [-0.15, -0.1) is 0 Å². The molecule has 2 amide bonds. The van der Waals surface area contributed by atoms with Gasteiger partial charge < -0.3 is 27.0 Å². The second kappa shape index (κ2) is 4.81. The van der Waals surface area contributed by atoms with E-state index in [9.17, 15) is 19.8 Å². The number of nitrogens with one attached hydrogen (secondary N) is 1. The van der Waals surface area contributed by atoms with Crippen LogP contribution in [0.3, 0.4) is 0 Å². The van der Waals surface area contributed by atoms with Crippen molar-refractivity contribution in [3.63, 3.8) is 0 Å². The highest BCUT2D eigenvalue weighted by Crippen LogP contribution is 2.16. The molecule has 2 unspecified atom stereocenters. The summed E-state index contributed by atoms with van der Waals surface area (Å²) in [5.74, 6) is -2.58. The molecular weight excluding hydrogens is 226 g/mol. The number of anilines is 1. The van der Waals surface area contributed by atoms with Crippen LogP contribution in [0.15, 0.2) is 30.3 Å². The molecule has 0 aromatic heterocycles. The zero-order chi connectivity index (χ0) is 13.1. The largest absolute Gasteiger partial charge is 0.378 e. The standard InChI is InChI=1S/C10H13N3O4/c11-8(15)7(14)10(17,9(12)16)13-6-4-2-1-3-5-6/h1-5,7,13-14,17H,(H2,11,15)(H2,12,16). The van der Waals surface area contributed by atoms with Gasteiger partial charge in [0.2, 0.25) is 0 Å². The summed E-state index contributed by atoms with van der Waals surface area (Å²) in [7, 11) is 0. The minimum atomic E-state index is -2.65. The number of nitrogens with two attached hydrogens (primary N) is 2. The van der Waals surface area contributed by atoms with Gasteiger partial charge in [-0.3, -0.25) is 9.59 Å². The smallest absolute Gasteiger partial charge is 0.274 e. The van der Waals surface area contributed by atoms with Gasteiger partial charge in [0.05, 0.1) is 0 Å². The lowest BCUT2D eigenvalue weighted by atomic mass is 10.0. The monoisotopic (exact) mass is 239 g/mol. The van der Waals surface area contributed by atoms with Crippen LogP contribution in [0.1, 0.15) is 0 Å². The van der Waals surface area contributed by atoms with E-state index in [1.807, 2.05) is 0 Å². The van der Waals surface area contributed by atoms with Crippen LogP contribution in [-0.2, 0) is 9.59 Å². The number of hydrogen-bond acceptors (Lipinski definition) is 5. The van der Waals surface area contributed by atoms with Crippen molar-refractivity contribution in [3.05, 3.63) is 30.3 Å². The molecule has 92 valence electrons. The third-order valence-corrected chi connectivity index (χ3v) is 2.15. The molecule has 2 atom stereocenters. The van der Waals surface area contributed by atoms with Crippen molar-refractivity contribution in [2.24, 2.45) is 11.5 Å². The van der Waals surface area contributed by atoms with Crippen molar-refractivity contribution >= 4 is 17.5 Å². The number of primary amides is 2. The second-order valence-electron chi connectivity index (χ2n) is 3.43. The Hall–Kier alpha value is -2.12. The van der Waals surface area contributed by atoms with E-state index in [2.05, 4.69) is 5.32 Å². The van der Waals surface area contributed by atoms with Gasteiger partial charge in [0.15, 0.2) is 6.10 Å². The Morgan fingerprint density at radius 3 is 2.18 bits per heavy atom. The van der Waals surface area contributed by atoms with Crippen LogP contribution >= 0.6 is 0 Å². The summed E-state index contributed by atoms with van der Waals surface area (Å²) in [5.41, 5.74) is 7.41. The number of amides is 2. The van der Waals surface area contributed by atoms with Gasteiger partial charge in [-0.05, 0) is 12.1 Å². The van der Waals surface area contributed by atoms with E-state index in [0.717, 1.165) is 0 Å². The van der Waals surface area contributed by atoms with E-state index in [1.54, 1.807) is 18.2 Å². The quantitative estimate of drug-likeness (QED) is 0.383. The van der Waals surface area contributed by atoms with Gasteiger partial charge >= 0.3 is 0 Å². The predicted molar refractivity (Wildman–Crippen MR) is 59.4 cm³/mol. The highest BCUT2D eigenvalue weighted by molar-refractivity contribution is 5.94. The Morgan fingerprint density at radius 2 is 1.76 bits per heavy atom. The van der Waals surface area contributed by atoms with Crippen molar-refractivity contribution in [2.45, 2.75) is 11.8 Å². The first-order valence-electron chi connectivity index (χ1n) is 4.71. The molecule has 0 fully saturated rings. The molecule has 1 aromatic rings. The fourth-order valence-electron chi connectivity index (χ4n) is 1.21. The molecule has 17 heavy (non-hydrogen) atoms. The maximum atomic E-state index is 11.1. The number of carbonyl (C=O) groups excluding carboxylic acids is 2. The van der Waals surface area contributed by atoms with E-state index < -0.39 is 23.6 Å². The summed E-state index contributed by atoms with van der Waals surface area (Å²) in [6.07, 6.45) is -2.15. The van der Waals surface area contributed by atoms with Crippen LogP contribution in [-0.4, -0.2) is 33.9 Å². The first-order valence-corrected chi connectivity index (χ1v) is 4.71. The summed E-state index contributed by atoms with van der Waals surface area (Å²) in [6.45, 7) is 0. The number of para-hydroxylation sites is 1. The lowest BCUT2D eigenvalue weighted by Crippen LogP contribution is -2.62. The zero-order valence-electron chi connectivity index (χ0n) is 8.83. The average Bonchev–Trinajstić information content (AvgIpc) is 2.28. The van der Waals surface area contributed by atoms with Crippen molar-refractivity contribution in [2.75, 3.05) is 5.32 Å². The van der Waals surface area contributed by atoms with E-state index in [0.29, 0.717) is 5.69 Å². The van der Waals surface area contributed by atoms with E-state index in [-0.39, 0.29) is 0 Å². The molecular formula is C10H13N3O4. The maximum absolute atomic E-state index is 11.1. The molecule has 1 aromatic carbocycles. The van der Waals surface area contributed by atoms with E-state index >= 15 is 0 Å². The van der Waals surface area contributed by atoms with Crippen LogP contribution in [0.4, 0.5) is 5.69 Å². The van der Waals surface area contributed by atoms with Crippen LogP contribution < -0.4 is 16.8 Å². The molecule has 0 bridgehead atoms. The number of carbonyl (C=O) groups is 2. The van der Waals surface area contributed by atoms with Crippen molar-refractivity contribution in [1.29, 1.82) is 0 Å². The van der Waals surface area contributed by atoms with Crippen molar-refractivity contribution < 1.29 is 19.8 Å². The summed E-state index contributed by atoms with van der Waals surface area (Å²) < 4.78 is 0. The van der Waals surface area contributed by atoms with Gasteiger partial charge in [0.25, 0.3) is 17.5 Å². The number of aliphatic hydroxyl groups excluding tert-OH is 1. The molecule has 0 saturated heterocycles. The number of aliphatic hydroxyl groups is 2. The molecule has 7 nitrogen and oxygen atoms in total. The average molecular weight is 239 g/mol. The highest BCUT2D eigenvalue weighted by Gasteiger charge is 2.45. The first kappa shape index (κ1) is 12.9. The molecule has 0 radical (unpaired) electrons. The molecule has 0 saturated carbocycles. The summed E-state index contributed by atoms with van der Waals surface area (Å²) in [5, 5.41) is 21.5. The number of benzene rings is 1. The van der Waals surface area contributed by atoms with Crippen LogP contribution in [0.25, 0.3) is 0 Å². The van der Waals surface area contributed by atoms with Crippen LogP contribution in [0, 0.1) is 0 Å². The number of hydrogen-bond donors (Lipinski definition) is 5. The lowest BCUT2D eigenvalue weighted by Gasteiger charge is -2.29. The van der Waals surface area contributed by atoms with Gasteiger partial charge in [0, 0.05) is 5.69 Å². The molecule has 7 heteroatoms. The Morgan fingerprint density at radius 1 is 1.24 bits per heavy atom. The fraction of sp³-hybridized carbons (Fsp3) is 0.200. The molecule has 7 N–H and O–H groups in total. The molecule has 1 rings (SSSR count). The highest BCUT2D eigenvalue weighted by atomic mass is 16.4. The van der Waals surface area contributed by atoms with Crippen LogP contribution in [0.2, 0.25) is 0 Å². The Labute approximate surface area is 97.0 Å². The molecule has 0 spiro atoms. The topological polar surface area (TPSA) is 139 Å². The normalized spacial score (nSPS) is 15.6. The maximum Gasteiger partial charge on any atom is 0.274 e. The van der Waals surface area contributed by atoms with Gasteiger partial charge in [-0.2, -0.15) is 0 Å². The summed E-state index contributed by atoms with van der Waals surface area (Å²) in [6, 6.07) is 7.99. The van der Waals surface area contributed by atoms with Gasteiger partial charge in [0.1, 0.15) is 0 Å². The van der Waals surface area contributed by atoms with Crippen molar-refractivity contribution in [3.8, 4) is 0 Å². The van der Waals surface area contributed by atoms with Gasteiger partial charge in [-0.1, -0.05) is 18.2 Å². The van der Waals surface area contributed by atoms with E-state index in [4.69, 9.17) is 11.5 Å². The Bertz CT molecular complexity index is 423. The van der Waals surface area contributed by atoms with E-state index in [1.165, 1.54) is 12.1 Å². The SMILES string of the molecule is NC(=O)C(O)C(O)(Nc1ccccc1)C(N)=O. The predicted octanol–water partition coefficient (Wildman–Crippen LogP) is -1.88. The summed E-state index contributed by atoms with van der Waals surface area (Å²) in [4.78, 5) is 21.9. The Kier molecular flexibility index (Phi) is 3.66. The Balaban J connectivity index is 3.02. The molecule has 0 aliphatic rings. The van der Waals surface area contributed by atoms with Crippen LogP contribution in [0.5, 0.6) is 0 Å².